The van der Waals surface area contributed by atoms with E-state index in [0.717, 1.165) is 89.1 Å². The topological polar surface area (TPSA) is 78.0 Å². The molecule has 4 rings (SSSR count). The standard InChI is InChI=1S/C22H35N5O3S/c1-16(2)21(29)26-7-9-27(10-8-26)22-24-18-4-3-17(15-19(18)31-22)20(28)23-5-6-25-11-13-30-14-12-25/h16-17H,3-15H2,1-2H3,(H,23,28)/t17-/m0/s1. The normalized spacial score (nSPS) is 22.5. The van der Waals surface area contributed by atoms with Gasteiger partial charge in [-0.25, -0.2) is 4.98 Å². The molecule has 0 radical (unpaired) electrons. The maximum atomic E-state index is 12.7. The SMILES string of the molecule is CC(C)C(=O)N1CCN(c2nc3c(s2)C[C@@H](C(=O)NCCN2CCOCC2)CC3)CC1. The Bertz CT molecular complexity index is 769. The van der Waals surface area contributed by atoms with Gasteiger partial charge >= 0.3 is 0 Å². The number of ether oxygens (including phenoxy) is 1. The van der Waals surface area contributed by atoms with E-state index in [1.54, 1.807) is 11.3 Å². The van der Waals surface area contributed by atoms with E-state index in [2.05, 4.69) is 15.1 Å². The van der Waals surface area contributed by atoms with Crippen LogP contribution in [0.3, 0.4) is 0 Å². The highest BCUT2D eigenvalue weighted by molar-refractivity contribution is 7.15. The molecule has 0 saturated carbocycles. The molecule has 0 bridgehead atoms. The maximum Gasteiger partial charge on any atom is 0.225 e. The van der Waals surface area contributed by atoms with Gasteiger partial charge in [-0.1, -0.05) is 13.8 Å². The first-order valence-electron chi connectivity index (χ1n) is 11.6. The summed E-state index contributed by atoms with van der Waals surface area (Å²) in [6.07, 6.45) is 2.54. The van der Waals surface area contributed by atoms with E-state index >= 15 is 0 Å². The lowest BCUT2D eigenvalue weighted by Crippen LogP contribution is -2.49. The third-order valence-corrected chi connectivity index (χ3v) is 7.67. The number of nitrogens with zero attached hydrogens (tertiary/aromatic N) is 4. The molecule has 172 valence electrons. The number of carbonyl (C=O) groups is 2. The van der Waals surface area contributed by atoms with Crippen LogP contribution in [0.4, 0.5) is 5.13 Å². The van der Waals surface area contributed by atoms with E-state index in [9.17, 15) is 9.59 Å². The van der Waals surface area contributed by atoms with Crippen LogP contribution < -0.4 is 10.2 Å². The molecule has 9 heteroatoms. The van der Waals surface area contributed by atoms with Crippen molar-refractivity contribution in [3.05, 3.63) is 10.6 Å². The van der Waals surface area contributed by atoms with E-state index in [4.69, 9.17) is 9.72 Å². The van der Waals surface area contributed by atoms with E-state index < -0.39 is 0 Å². The minimum absolute atomic E-state index is 0.0472. The Morgan fingerprint density at radius 2 is 1.90 bits per heavy atom. The Kier molecular flexibility index (Phi) is 7.45. The summed E-state index contributed by atoms with van der Waals surface area (Å²) in [5.41, 5.74) is 1.16. The van der Waals surface area contributed by atoms with E-state index in [0.29, 0.717) is 6.54 Å². The average Bonchev–Trinajstić information content (AvgIpc) is 3.22. The van der Waals surface area contributed by atoms with Gasteiger partial charge in [0.05, 0.1) is 18.9 Å². The van der Waals surface area contributed by atoms with Gasteiger partial charge in [-0.05, 0) is 19.3 Å². The van der Waals surface area contributed by atoms with Crippen LogP contribution in [-0.4, -0.2) is 92.2 Å². The average molecular weight is 450 g/mol. The summed E-state index contributed by atoms with van der Waals surface area (Å²) in [5.74, 6) is 0.511. The van der Waals surface area contributed by atoms with E-state index in [1.165, 1.54) is 4.88 Å². The summed E-state index contributed by atoms with van der Waals surface area (Å²) in [5, 5.41) is 4.19. The molecule has 31 heavy (non-hydrogen) atoms. The van der Waals surface area contributed by atoms with Crippen LogP contribution in [0.25, 0.3) is 0 Å². The molecule has 3 aliphatic rings. The van der Waals surface area contributed by atoms with Crippen molar-refractivity contribution >= 4 is 28.3 Å². The Morgan fingerprint density at radius 1 is 1.16 bits per heavy atom. The molecule has 1 N–H and O–H groups in total. The second-order valence-corrected chi connectivity index (χ2v) is 10.1. The fourth-order valence-electron chi connectivity index (χ4n) is 4.51. The number of aryl methyl sites for hydroxylation is 1. The zero-order chi connectivity index (χ0) is 21.8. The number of amides is 2. The molecule has 1 aliphatic carbocycles. The fourth-order valence-corrected chi connectivity index (χ4v) is 5.75. The zero-order valence-electron chi connectivity index (χ0n) is 18.8. The first-order valence-corrected chi connectivity index (χ1v) is 12.4. The van der Waals surface area contributed by atoms with Crippen molar-refractivity contribution < 1.29 is 14.3 Å². The molecule has 8 nitrogen and oxygen atoms in total. The number of hydrogen-bond donors (Lipinski definition) is 1. The van der Waals surface area contributed by atoms with Crippen molar-refractivity contribution in [1.82, 2.24) is 20.1 Å². The van der Waals surface area contributed by atoms with Crippen molar-refractivity contribution in [1.29, 1.82) is 0 Å². The third kappa shape index (κ3) is 5.56. The number of morpholine rings is 1. The third-order valence-electron chi connectivity index (χ3n) is 6.49. The number of piperazine rings is 1. The van der Waals surface area contributed by atoms with Gasteiger partial charge in [0.2, 0.25) is 11.8 Å². The number of nitrogens with one attached hydrogen (secondary N) is 1. The Labute approximate surface area is 188 Å². The van der Waals surface area contributed by atoms with Crippen LogP contribution in [-0.2, 0) is 27.2 Å². The van der Waals surface area contributed by atoms with Crippen LogP contribution in [0.15, 0.2) is 0 Å². The molecule has 0 spiro atoms. The molecule has 3 heterocycles. The van der Waals surface area contributed by atoms with Crippen LogP contribution in [0.1, 0.15) is 30.8 Å². The van der Waals surface area contributed by atoms with Crippen molar-refractivity contribution in [2.75, 3.05) is 70.5 Å². The fraction of sp³-hybridized carbons (Fsp3) is 0.773. The monoisotopic (exact) mass is 449 g/mol. The minimum Gasteiger partial charge on any atom is -0.379 e. The molecular formula is C22H35N5O3S. The number of anilines is 1. The van der Waals surface area contributed by atoms with E-state index in [-0.39, 0.29) is 23.7 Å². The van der Waals surface area contributed by atoms with Crippen molar-refractivity contribution in [2.24, 2.45) is 11.8 Å². The Hall–Kier alpha value is -1.71. The molecule has 1 atom stereocenters. The van der Waals surface area contributed by atoms with Gasteiger partial charge in [0, 0.05) is 69.1 Å². The highest BCUT2D eigenvalue weighted by Gasteiger charge is 2.30. The summed E-state index contributed by atoms with van der Waals surface area (Å²) in [7, 11) is 0. The maximum absolute atomic E-state index is 12.7. The van der Waals surface area contributed by atoms with E-state index in [1.807, 2.05) is 18.7 Å². The molecule has 2 saturated heterocycles. The second kappa shape index (κ2) is 10.3. The zero-order valence-corrected chi connectivity index (χ0v) is 19.6. The van der Waals surface area contributed by atoms with Crippen LogP contribution in [0, 0.1) is 11.8 Å². The summed E-state index contributed by atoms with van der Waals surface area (Å²) in [6, 6.07) is 0. The van der Waals surface area contributed by atoms with Crippen LogP contribution >= 0.6 is 11.3 Å². The first kappa shape index (κ1) is 22.5. The summed E-state index contributed by atoms with van der Waals surface area (Å²) >= 11 is 1.73. The van der Waals surface area contributed by atoms with Gasteiger partial charge in [-0.3, -0.25) is 14.5 Å². The highest BCUT2D eigenvalue weighted by Crippen LogP contribution is 2.34. The number of thiazole rings is 1. The van der Waals surface area contributed by atoms with Crippen LogP contribution in [0.5, 0.6) is 0 Å². The first-order chi connectivity index (χ1) is 15.0. The van der Waals surface area contributed by atoms with Crippen molar-refractivity contribution in [3.8, 4) is 0 Å². The van der Waals surface area contributed by atoms with Crippen LogP contribution in [0.2, 0.25) is 0 Å². The number of carbonyl (C=O) groups excluding carboxylic acids is 2. The van der Waals surface area contributed by atoms with Gasteiger partial charge < -0.3 is 19.9 Å². The van der Waals surface area contributed by atoms with Crippen molar-refractivity contribution in [3.63, 3.8) is 0 Å². The smallest absolute Gasteiger partial charge is 0.225 e. The minimum atomic E-state index is 0.0472. The summed E-state index contributed by atoms with van der Waals surface area (Å²) in [6.45, 7) is 12.2. The molecular weight excluding hydrogens is 414 g/mol. The Morgan fingerprint density at radius 3 is 2.61 bits per heavy atom. The number of rotatable bonds is 6. The lowest BCUT2D eigenvalue weighted by molar-refractivity contribution is -0.134. The lowest BCUT2D eigenvalue weighted by Gasteiger charge is -2.35. The summed E-state index contributed by atoms with van der Waals surface area (Å²) in [4.78, 5) is 37.7. The van der Waals surface area contributed by atoms with Gasteiger partial charge in [0.1, 0.15) is 0 Å². The van der Waals surface area contributed by atoms with Gasteiger partial charge in [-0.15, -0.1) is 11.3 Å². The molecule has 0 unspecified atom stereocenters. The number of fused-ring (bicyclic) bond motifs is 1. The number of hydrogen-bond acceptors (Lipinski definition) is 7. The predicted octanol–water partition coefficient (Wildman–Crippen LogP) is 1.00. The largest absolute Gasteiger partial charge is 0.379 e. The number of aromatic nitrogens is 1. The lowest BCUT2D eigenvalue weighted by atomic mass is 9.90. The predicted molar refractivity (Wildman–Crippen MR) is 122 cm³/mol. The molecule has 2 amide bonds. The van der Waals surface area contributed by atoms with Gasteiger partial charge in [-0.2, -0.15) is 0 Å². The molecule has 1 aromatic rings. The van der Waals surface area contributed by atoms with Gasteiger partial charge in [0.15, 0.2) is 5.13 Å². The summed E-state index contributed by atoms with van der Waals surface area (Å²) < 4.78 is 5.37. The second-order valence-electron chi connectivity index (χ2n) is 9.02. The molecule has 0 aromatic carbocycles. The van der Waals surface area contributed by atoms with Gasteiger partial charge in [0.25, 0.3) is 0 Å². The molecule has 2 aliphatic heterocycles. The Balaban J connectivity index is 1.25. The molecule has 2 fully saturated rings. The highest BCUT2D eigenvalue weighted by atomic mass is 32.1. The van der Waals surface area contributed by atoms with Crippen molar-refractivity contribution in [2.45, 2.75) is 33.1 Å². The molecule has 1 aromatic heterocycles. The quantitative estimate of drug-likeness (QED) is 0.698.